The average Bonchev–Trinajstić information content (AvgIpc) is 3.22. The van der Waals surface area contributed by atoms with Crippen molar-refractivity contribution in [3.05, 3.63) is 24.3 Å². The van der Waals surface area contributed by atoms with Crippen molar-refractivity contribution in [2.45, 2.75) is 32.2 Å². The molecule has 0 unspecified atom stereocenters. The van der Waals surface area contributed by atoms with Gasteiger partial charge in [-0.3, -0.25) is 4.79 Å². The summed E-state index contributed by atoms with van der Waals surface area (Å²) >= 11 is 0. The molecule has 1 fully saturated rings. The van der Waals surface area contributed by atoms with Gasteiger partial charge in [-0.2, -0.15) is 0 Å². The van der Waals surface area contributed by atoms with Crippen LogP contribution in [-0.4, -0.2) is 25.1 Å². The number of rotatable bonds is 6. The minimum absolute atomic E-state index is 0.0149. The maximum Gasteiger partial charge on any atom is 0.238 e. The Morgan fingerprint density at radius 1 is 1.32 bits per heavy atom. The molecule has 1 saturated carbocycles. The smallest absolute Gasteiger partial charge is 0.238 e. The topological polar surface area (TPSA) is 50.4 Å². The van der Waals surface area contributed by atoms with Gasteiger partial charge < -0.3 is 15.4 Å². The molecule has 2 N–H and O–H groups in total. The van der Waals surface area contributed by atoms with Crippen LogP contribution in [0.1, 0.15) is 26.7 Å². The number of nitrogens with one attached hydrogen (secondary N) is 2. The van der Waals surface area contributed by atoms with Gasteiger partial charge in [0, 0.05) is 11.2 Å². The van der Waals surface area contributed by atoms with Crippen molar-refractivity contribution < 1.29 is 9.53 Å². The van der Waals surface area contributed by atoms with E-state index in [-0.39, 0.29) is 11.4 Å². The Bertz CT molecular complexity index is 436. The minimum atomic E-state index is -0.0149. The van der Waals surface area contributed by atoms with Gasteiger partial charge in [0.15, 0.2) is 0 Å². The molecule has 0 atom stereocenters. The van der Waals surface area contributed by atoms with E-state index in [9.17, 15) is 4.79 Å². The largest absolute Gasteiger partial charge is 0.497 e. The number of methoxy groups -OCH3 is 1. The zero-order valence-electron chi connectivity index (χ0n) is 11.8. The minimum Gasteiger partial charge on any atom is -0.497 e. The van der Waals surface area contributed by atoms with Crippen LogP contribution in [-0.2, 0) is 4.79 Å². The molecular formula is C15H22N2O2. The third kappa shape index (κ3) is 3.96. The number of hydrogen-bond acceptors (Lipinski definition) is 3. The van der Waals surface area contributed by atoms with Crippen molar-refractivity contribution in [1.29, 1.82) is 0 Å². The van der Waals surface area contributed by atoms with Crippen LogP contribution in [0.15, 0.2) is 24.3 Å². The molecule has 1 aromatic rings. The Morgan fingerprint density at radius 2 is 1.95 bits per heavy atom. The predicted molar refractivity (Wildman–Crippen MR) is 76.4 cm³/mol. The summed E-state index contributed by atoms with van der Waals surface area (Å²) in [5, 5.41) is 6.19. The molecule has 1 amide bonds. The highest BCUT2D eigenvalue weighted by Gasteiger charge is 2.37. The number of ether oxygens (including phenoxy) is 1. The molecule has 104 valence electrons. The Hall–Kier alpha value is -1.55. The normalized spacial score (nSPS) is 15.1. The van der Waals surface area contributed by atoms with Crippen molar-refractivity contribution in [3.63, 3.8) is 0 Å². The summed E-state index contributed by atoms with van der Waals surface area (Å²) < 4.78 is 5.07. The zero-order valence-corrected chi connectivity index (χ0v) is 11.8. The van der Waals surface area contributed by atoms with Gasteiger partial charge in [-0.15, -0.1) is 0 Å². The number of anilines is 1. The van der Waals surface area contributed by atoms with Crippen LogP contribution in [0.25, 0.3) is 0 Å². The van der Waals surface area contributed by atoms with Crippen LogP contribution in [0.3, 0.4) is 0 Å². The van der Waals surface area contributed by atoms with Gasteiger partial charge in [-0.05, 0) is 56.9 Å². The van der Waals surface area contributed by atoms with Crippen molar-refractivity contribution >= 4 is 11.6 Å². The molecule has 1 aliphatic carbocycles. The Balaban J connectivity index is 1.80. The number of amides is 1. The van der Waals surface area contributed by atoms with E-state index < -0.39 is 0 Å². The van der Waals surface area contributed by atoms with Crippen molar-refractivity contribution in [2.75, 3.05) is 19.0 Å². The number of benzene rings is 1. The molecule has 0 heterocycles. The molecule has 0 spiro atoms. The van der Waals surface area contributed by atoms with Crippen molar-refractivity contribution in [2.24, 2.45) is 5.92 Å². The van der Waals surface area contributed by atoms with E-state index in [1.807, 2.05) is 24.3 Å². The van der Waals surface area contributed by atoms with Gasteiger partial charge >= 0.3 is 0 Å². The SMILES string of the molecule is COc1ccc(NC(=O)CNC(C)(C)C2CC2)cc1. The first-order valence-corrected chi connectivity index (χ1v) is 6.70. The second-order valence-corrected chi connectivity index (χ2v) is 5.63. The van der Waals surface area contributed by atoms with E-state index in [2.05, 4.69) is 24.5 Å². The summed E-state index contributed by atoms with van der Waals surface area (Å²) in [6, 6.07) is 7.33. The molecule has 19 heavy (non-hydrogen) atoms. The summed E-state index contributed by atoms with van der Waals surface area (Å²) in [6.45, 7) is 4.66. The third-order valence-corrected chi connectivity index (χ3v) is 3.68. The molecule has 0 radical (unpaired) electrons. The van der Waals surface area contributed by atoms with E-state index >= 15 is 0 Å². The maximum atomic E-state index is 11.9. The van der Waals surface area contributed by atoms with Crippen LogP contribution >= 0.6 is 0 Å². The molecule has 0 aliphatic heterocycles. The van der Waals surface area contributed by atoms with Gasteiger partial charge in [0.2, 0.25) is 5.91 Å². The number of carbonyl (C=O) groups is 1. The third-order valence-electron chi connectivity index (χ3n) is 3.68. The lowest BCUT2D eigenvalue weighted by atomic mass is 9.99. The van der Waals surface area contributed by atoms with E-state index in [4.69, 9.17) is 4.74 Å². The highest BCUT2D eigenvalue weighted by Crippen LogP contribution is 2.38. The van der Waals surface area contributed by atoms with Gasteiger partial charge in [0.05, 0.1) is 13.7 Å². The molecule has 4 nitrogen and oxygen atoms in total. The van der Waals surface area contributed by atoms with E-state index in [1.54, 1.807) is 7.11 Å². The van der Waals surface area contributed by atoms with Crippen LogP contribution < -0.4 is 15.4 Å². The van der Waals surface area contributed by atoms with Crippen molar-refractivity contribution in [1.82, 2.24) is 5.32 Å². The lowest BCUT2D eigenvalue weighted by molar-refractivity contribution is -0.115. The fraction of sp³-hybridized carbons (Fsp3) is 0.533. The number of hydrogen-bond donors (Lipinski definition) is 2. The maximum absolute atomic E-state index is 11.9. The Morgan fingerprint density at radius 3 is 2.47 bits per heavy atom. The second-order valence-electron chi connectivity index (χ2n) is 5.63. The van der Waals surface area contributed by atoms with E-state index in [0.29, 0.717) is 12.5 Å². The highest BCUT2D eigenvalue weighted by atomic mass is 16.5. The second kappa shape index (κ2) is 5.61. The molecule has 1 aromatic carbocycles. The summed E-state index contributed by atoms with van der Waals surface area (Å²) in [4.78, 5) is 11.9. The first kappa shape index (κ1) is 13.9. The van der Waals surface area contributed by atoms with Gasteiger partial charge in [0.1, 0.15) is 5.75 Å². The van der Waals surface area contributed by atoms with Crippen LogP contribution in [0.5, 0.6) is 5.75 Å². The molecule has 0 aromatic heterocycles. The molecular weight excluding hydrogens is 240 g/mol. The summed E-state index contributed by atoms with van der Waals surface area (Å²) in [7, 11) is 1.62. The first-order valence-electron chi connectivity index (χ1n) is 6.70. The molecule has 1 aliphatic rings. The standard InChI is InChI=1S/C15H22N2O2/c1-15(2,11-4-5-11)16-10-14(18)17-12-6-8-13(19-3)9-7-12/h6-9,11,16H,4-5,10H2,1-3H3,(H,17,18). The quantitative estimate of drug-likeness (QED) is 0.827. The fourth-order valence-corrected chi connectivity index (χ4v) is 2.14. The van der Waals surface area contributed by atoms with Gasteiger partial charge in [0.25, 0.3) is 0 Å². The lowest BCUT2D eigenvalue weighted by Crippen LogP contribution is -2.45. The van der Waals surface area contributed by atoms with Crippen LogP contribution in [0, 0.1) is 5.92 Å². The van der Waals surface area contributed by atoms with Crippen molar-refractivity contribution in [3.8, 4) is 5.75 Å². The highest BCUT2D eigenvalue weighted by molar-refractivity contribution is 5.92. The summed E-state index contributed by atoms with van der Waals surface area (Å²) in [5.74, 6) is 1.48. The molecule has 0 bridgehead atoms. The monoisotopic (exact) mass is 262 g/mol. The fourth-order valence-electron chi connectivity index (χ4n) is 2.14. The Labute approximate surface area is 114 Å². The van der Waals surface area contributed by atoms with Gasteiger partial charge in [-0.1, -0.05) is 0 Å². The van der Waals surface area contributed by atoms with E-state index in [0.717, 1.165) is 11.4 Å². The molecule has 4 heteroatoms. The molecule has 2 rings (SSSR count). The number of carbonyl (C=O) groups excluding carboxylic acids is 1. The van der Waals surface area contributed by atoms with Crippen LogP contribution in [0.4, 0.5) is 5.69 Å². The predicted octanol–water partition coefficient (Wildman–Crippen LogP) is 2.41. The van der Waals surface area contributed by atoms with Gasteiger partial charge in [-0.25, -0.2) is 0 Å². The summed E-state index contributed by atoms with van der Waals surface area (Å²) in [6.07, 6.45) is 2.53. The lowest BCUT2D eigenvalue weighted by Gasteiger charge is -2.25. The summed E-state index contributed by atoms with van der Waals surface area (Å²) in [5.41, 5.74) is 0.842. The first-order chi connectivity index (χ1) is 9.01. The van der Waals surface area contributed by atoms with E-state index in [1.165, 1.54) is 12.8 Å². The average molecular weight is 262 g/mol. The van der Waals surface area contributed by atoms with Crippen LogP contribution in [0.2, 0.25) is 0 Å². The Kier molecular flexibility index (Phi) is 4.10. The molecule has 0 saturated heterocycles. The zero-order chi connectivity index (χ0) is 13.9.